The molecule has 2 aromatic rings. The van der Waals surface area contributed by atoms with Gasteiger partial charge in [-0.05, 0) is 24.4 Å². The molecule has 0 unspecified atom stereocenters. The first-order valence-electron chi connectivity index (χ1n) is 5.77. The van der Waals surface area contributed by atoms with Gasteiger partial charge in [-0.3, -0.25) is 14.9 Å². The van der Waals surface area contributed by atoms with Gasteiger partial charge < -0.3 is 10.4 Å². The Bertz CT molecular complexity index is 738. The molecule has 0 radical (unpaired) electrons. The van der Waals surface area contributed by atoms with Gasteiger partial charge in [0.05, 0.1) is 10.6 Å². The fraction of sp³-hybridized carbons (Fsp3) is 0.0769. The molecular weight excluding hydrogens is 296 g/mol. The van der Waals surface area contributed by atoms with Crippen molar-refractivity contribution < 1.29 is 19.6 Å². The van der Waals surface area contributed by atoms with Gasteiger partial charge in [0, 0.05) is 17.2 Å². The maximum absolute atomic E-state index is 12.1. The van der Waals surface area contributed by atoms with E-state index in [2.05, 4.69) is 5.32 Å². The molecule has 0 spiro atoms. The van der Waals surface area contributed by atoms with Crippen molar-refractivity contribution in [1.82, 2.24) is 0 Å². The molecule has 1 aromatic carbocycles. The van der Waals surface area contributed by atoms with Gasteiger partial charge in [-0.15, -0.1) is 11.3 Å². The number of carboxylic acids is 1. The third-order valence-electron chi connectivity index (χ3n) is 2.78. The first-order valence-corrected chi connectivity index (χ1v) is 6.65. The zero-order valence-corrected chi connectivity index (χ0v) is 11.6. The molecule has 0 aliphatic heterocycles. The summed E-state index contributed by atoms with van der Waals surface area (Å²) in [5.41, 5.74) is 0.542. The van der Waals surface area contributed by atoms with Crippen molar-refractivity contribution in [2.75, 3.05) is 5.32 Å². The standard InChI is InChI=1S/C13H10N2O5S/c1-7-2-3-8(6-10(7)15(19)20)12(16)14-9-4-5-21-11(9)13(17)18/h2-6H,1H3,(H,14,16)(H,17,18). The van der Waals surface area contributed by atoms with Crippen LogP contribution in [-0.4, -0.2) is 21.9 Å². The molecule has 1 heterocycles. The minimum absolute atomic E-state index is 0.00459. The Labute approximate surface area is 123 Å². The lowest BCUT2D eigenvalue weighted by Crippen LogP contribution is -2.13. The maximum Gasteiger partial charge on any atom is 0.348 e. The topological polar surface area (TPSA) is 110 Å². The van der Waals surface area contributed by atoms with Gasteiger partial charge in [0.2, 0.25) is 0 Å². The predicted molar refractivity (Wildman–Crippen MR) is 77.1 cm³/mol. The average molecular weight is 306 g/mol. The first kappa shape index (κ1) is 14.7. The van der Waals surface area contributed by atoms with Crippen LogP contribution in [0.15, 0.2) is 29.6 Å². The molecule has 0 fully saturated rings. The zero-order chi connectivity index (χ0) is 15.6. The van der Waals surface area contributed by atoms with E-state index in [0.29, 0.717) is 5.56 Å². The summed E-state index contributed by atoms with van der Waals surface area (Å²) >= 11 is 0.983. The van der Waals surface area contributed by atoms with Crippen LogP contribution in [0.4, 0.5) is 11.4 Å². The lowest BCUT2D eigenvalue weighted by molar-refractivity contribution is -0.385. The third-order valence-corrected chi connectivity index (χ3v) is 3.68. The second-order valence-corrected chi connectivity index (χ2v) is 5.10. The highest BCUT2D eigenvalue weighted by Crippen LogP contribution is 2.24. The quantitative estimate of drug-likeness (QED) is 0.666. The SMILES string of the molecule is Cc1ccc(C(=O)Nc2ccsc2C(=O)O)cc1[N+](=O)[O-]. The van der Waals surface area contributed by atoms with E-state index >= 15 is 0 Å². The minimum Gasteiger partial charge on any atom is -0.477 e. The van der Waals surface area contributed by atoms with E-state index in [1.807, 2.05) is 0 Å². The average Bonchev–Trinajstić information content (AvgIpc) is 2.87. The number of aromatic carboxylic acids is 1. The Balaban J connectivity index is 2.29. The van der Waals surface area contributed by atoms with Crippen molar-refractivity contribution in [2.45, 2.75) is 6.92 Å². The Morgan fingerprint density at radius 3 is 2.67 bits per heavy atom. The van der Waals surface area contributed by atoms with Gasteiger partial charge >= 0.3 is 5.97 Å². The summed E-state index contributed by atoms with van der Waals surface area (Å²) in [7, 11) is 0. The number of carbonyl (C=O) groups is 2. The number of amides is 1. The van der Waals surface area contributed by atoms with Gasteiger partial charge in [0.15, 0.2) is 0 Å². The van der Waals surface area contributed by atoms with Crippen LogP contribution in [0.25, 0.3) is 0 Å². The highest BCUT2D eigenvalue weighted by atomic mass is 32.1. The fourth-order valence-corrected chi connectivity index (χ4v) is 2.40. The summed E-state index contributed by atoms with van der Waals surface area (Å²) in [6.45, 7) is 1.57. The van der Waals surface area contributed by atoms with Gasteiger partial charge in [-0.1, -0.05) is 6.07 Å². The number of nitrogens with one attached hydrogen (secondary N) is 1. The van der Waals surface area contributed by atoms with Crippen molar-refractivity contribution in [1.29, 1.82) is 0 Å². The van der Waals surface area contributed by atoms with E-state index in [0.717, 1.165) is 17.4 Å². The molecule has 2 N–H and O–H groups in total. The van der Waals surface area contributed by atoms with E-state index in [1.54, 1.807) is 6.92 Å². The Morgan fingerprint density at radius 2 is 2.05 bits per heavy atom. The van der Waals surface area contributed by atoms with Crippen molar-refractivity contribution >= 4 is 34.6 Å². The Hall–Kier alpha value is -2.74. The summed E-state index contributed by atoms with van der Waals surface area (Å²) in [5, 5.41) is 23.8. The lowest BCUT2D eigenvalue weighted by atomic mass is 10.1. The summed E-state index contributed by atoms with van der Waals surface area (Å²) in [4.78, 5) is 33.3. The molecule has 0 saturated heterocycles. The van der Waals surface area contributed by atoms with Gasteiger partial charge in [-0.2, -0.15) is 0 Å². The van der Waals surface area contributed by atoms with Crippen molar-refractivity contribution in [2.24, 2.45) is 0 Å². The molecule has 21 heavy (non-hydrogen) atoms. The first-order chi connectivity index (χ1) is 9.90. The number of anilines is 1. The molecule has 0 aliphatic carbocycles. The molecule has 0 atom stereocenters. The van der Waals surface area contributed by atoms with Crippen LogP contribution >= 0.6 is 11.3 Å². The van der Waals surface area contributed by atoms with Gasteiger partial charge in [0.1, 0.15) is 4.88 Å². The van der Waals surface area contributed by atoms with Crippen molar-refractivity contribution in [3.63, 3.8) is 0 Å². The number of benzene rings is 1. The number of nitro benzene ring substituents is 1. The Morgan fingerprint density at radius 1 is 1.33 bits per heavy atom. The van der Waals surface area contributed by atoms with Crippen molar-refractivity contribution in [3.8, 4) is 0 Å². The monoisotopic (exact) mass is 306 g/mol. The van der Waals surface area contributed by atoms with E-state index in [-0.39, 0.29) is 21.8 Å². The summed E-state index contributed by atoms with van der Waals surface area (Å²) in [6, 6.07) is 5.55. The molecular formula is C13H10N2O5S. The molecule has 7 nitrogen and oxygen atoms in total. The summed E-state index contributed by atoms with van der Waals surface area (Å²) < 4.78 is 0. The lowest BCUT2D eigenvalue weighted by Gasteiger charge is -2.05. The number of nitro groups is 1. The van der Waals surface area contributed by atoms with Crippen LogP contribution in [0.1, 0.15) is 25.6 Å². The summed E-state index contributed by atoms with van der Waals surface area (Å²) in [5.74, 6) is -1.74. The highest BCUT2D eigenvalue weighted by Gasteiger charge is 2.18. The van der Waals surface area contributed by atoms with Crippen LogP contribution in [0, 0.1) is 17.0 Å². The molecule has 8 heteroatoms. The molecule has 0 aliphatic rings. The largest absolute Gasteiger partial charge is 0.477 e. The molecule has 1 aromatic heterocycles. The Kier molecular flexibility index (Phi) is 3.99. The van der Waals surface area contributed by atoms with Gasteiger partial charge in [-0.25, -0.2) is 4.79 Å². The number of carboxylic acid groups (broad SMARTS) is 1. The zero-order valence-electron chi connectivity index (χ0n) is 10.8. The maximum atomic E-state index is 12.1. The van der Waals surface area contributed by atoms with E-state index < -0.39 is 16.8 Å². The van der Waals surface area contributed by atoms with E-state index in [1.165, 1.54) is 23.6 Å². The molecule has 2 rings (SSSR count). The van der Waals surface area contributed by atoms with Gasteiger partial charge in [0.25, 0.3) is 11.6 Å². The fourth-order valence-electron chi connectivity index (χ4n) is 1.72. The highest BCUT2D eigenvalue weighted by molar-refractivity contribution is 7.12. The van der Waals surface area contributed by atoms with Crippen LogP contribution in [-0.2, 0) is 0 Å². The second kappa shape index (κ2) is 5.71. The van der Waals surface area contributed by atoms with Crippen LogP contribution < -0.4 is 5.32 Å². The number of carbonyl (C=O) groups excluding carboxylic acids is 1. The van der Waals surface area contributed by atoms with Crippen molar-refractivity contribution in [3.05, 3.63) is 55.8 Å². The number of hydrogen-bond acceptors (Lipinski definition) is 5. The number of rotatable bonds is 4. The summed E-state index contributed by atoms with van der Waals surface area (Å²) in [6.07, 6.45) is 0. The van der Waals surface area contributed by atoms with Crippen LogP contribution in [0.2, 0.25) is 0 Å². The molecule has 108 valence electrons. The van der Waals surface area contributed by atoms with E-state index in [9.17, 15) is 19.7 Å². The van der Waals surface area contributed by atoms with E-state index in [4.69, 9.17) is 5.11 Å². The number of nitrogens with zero attached hydrogens (tertiary/aromatic N) is 1. The molecule has 0 bridgehead atoms. The van der Waals surface area contributed by atoms with Crippen LogP contribution in [0.3, 0.4) is 0 Å². The number of thiophene rings is 1. The minimum atomic E-state index is -1.14. The molecule has 0 saturated carbocycles. The smallest absolute Gasteiger partial charge is 0.348 e. The molecule has 1 amide bonds. The van der Waals surface area contributed by atoms with Crippen LogP contribution in [0.5, 0.6) is 0 Å². The number of aryl methyl sites for hydroxylation is 1. The number of hydrogen-bond donors (Lipinski definition) is 2. The predicted octanol–water partition coefficient (Wildman–Crippen LogP) is 2.92. The third kappa shape index (κ3) is 3.06. The normalized spacial score (nSPS) is 10.1. The second-order valence-electron chi connectivity index (χ2n) is 4.18.